The Hall–Kier alpha value is -1.60. The highest BCUT2D eigenvalue weighted by Crippen LogP contribution is 2.17. The van der Waals surface area contributed by atoms with Gasteiger partial charge in [0, 0.05) is 5.56 Å². The van der Waals surface area contributed by atoms with Crippen LogP contribution >= 0.6 is 11.6 Å². The number of benzene rings is 2. The summed E-state index contributed by atoms with van der Waals surface area (Å²) in [6, 6.07) is 17.4. The van der Waals surface area contributed by atoms with Crippen LogP contribution < -0.4 is 5.41 Å². The van der Waals surface area contributed by atoms with Crippen molar-refractivity contribution in [2.24, 2.45) is 0 Å². The Bertz CT molecular complexity index is 477. The fourth-order valence-corrected chi connectivity index (χ4v) is 1.69. The molecule has 1 nitrogen and oxygen atoms in total. The minimum absolute atomic E-state index is 0.679. The molecule has 0 spiro atoms. The zero-order valence-electron chi connectivity index (χ0n) is 8.15. The maximum absolute atomic E-state index is 6.07. The van der Waals surface area contributed by atoms with Crippen LogP contribution in [-0.4, -0.2) is 5.71 Å². The van der Waals surface area contributed by atoms with Gasteiger partial charge >= 0.3 is 0 Å². The average molecular weight is 217 g/mol. The second-order valence-corrected chi connectivity index (χ2v) is 3.67. The first kappa shape index (κ1) is 9.94. The van der Waals surface area contributed by atoms with E-state index in [2.05, 4.69) is 0 Å². The van der Waals surface area contributed by atoms with Crippen molar-refractivity contribution in [3.63, 3.8) is 0 Å². The van der Waals surface area contributed by atoms with Crippen LogP contribution in [0.25, 0.3) is 0 Å². The van der Waals surface area contributed by atoms with E-state index < -0.39 is 0 Å². The van der Waals surface area contributed by atoms with Crippen molar-refractivity contribution in [2.75, 3.05) is 0 Å². The van der Waals surface area contributed by atoms with E-state index in [1.807, 2.05) is 54.6 Å². The third kappa shape index (κ3) is 2.08. The molecule has 0 saturated carbocycles. The summed E-state index contributed by atoms with van der Waals surface area (Å²) in [7, 11) is 0. The monoisotopic (exact) mass is 216 g/mol. The molecule has 2 heteroatoms. The average Bonchev–Trinajstić information content (AvgIpc) is 2.30. The van der Waals surface area contributed by atoms with E-state index in [9.17, 15) is 0 Å². The molecule has 0 bridgehead atoms. The van der Waals surface area contributed by atoms with Crippen molar-refractivity contribution in [1.29, 1.82) is 0 Å². The normalized spacial score (nSPS) is 9.93. The van der Waals surface area contributed by atoms with Gasteiger partial charge in [-0.05, 0) is 24.3 Å². The number of hydrogen-bond donors (Lipinski definition) is 1. The highest BCUT2D eigenvalue weighted by atomic mass is 35.5. The van der Waals surface area contributed by atoms with Gasteiger partial charge in [0.05, 0.1) is 10.6 Å². The van der Waals surface area contributed by atoms with E-state index >= 15 is 0 Å². The van der Waals surface area contributed by atoms with Crippen LogP contribution in [0, 0.1) is 0 Å². The third-order valence-electron chi connectivity index (χ3n) is 2.25. The molecule has 2 N–H and O–H groups in total. The quantitative estimate of drug-likeness (QED) is 0.743. The highest BCUT2D eigenvalue weighted by molar-refractivity contribution is 6.34. The molecule has 0 unspecified atom stereocenters. The SMILES string of the molecule is [NH2+]=C(c1ccccc1)c1ccccc1Cl. The summed E-state index contributed by atoms with van der Waals surface area (Å²) < 4.78 is 0. The summed E-state index contributed by atoms with van der Waals surface area (Å²) >= 11 is 6.07. The van der Waals surface area contributed by atoms with Gasteiger partial charge in [0.1, 0.15) is 0 Å². The molecule has 2 aromatic rings. The van der Waals surface area contributed by atoms with Gasteiger partial charge < -0.3 is 0 Å². The summed E-state index contributed by atoms with van der Waals surface area (Å²) in [5.74, 6) is 0. The van der Waals surface area contributed by atoms with Gasteiger partial charge in [0.15, 0.2) is 0 Å². The Labute approximate surface area is 93.8 Å². The van der Waals surface area contributed by atoms with Gasteiger partial charge in [-0.3, -0.25) is 5.41 Å². The van der Waals surface area contributed by atoms with E-state index in [1.54, 1.807) is 0 Å². The van der Waals surface area contributed by atoms with Crippen molar-refractivity contribution in [3.05, 3.63) is 70.7 Å². The number of nitrogens with two attached hydrogens (primary N) is 1. The lowest BCUT2D eigenvalue weighted by Crippen LogP contribution is -2.41. The summed E-state index contributed by atoms with van der Waals surface area (Å²) in [5, 5.41) is 6.73. The van der Waals surface area contributed by atoms with Gasteiger partial charge in [-0.2, -0.15) is 0 Å². The van der Waals surface area contributed by atoms with Crippen molar-refractivity contribution < 1.29 is 5.41 Å². The molecular formula is C13H11ClN+. The molecule has 74 valence electrons. The molecule has 0 heterocycles. The van der Waals surface area contributed by atoms with Crippen LogP contribution in [0.3, 0.4) is 0 Å². The van der Waals surface area contributed by atoms with E-state index in [0.29, 0.717) is 10.7 Å². The largest absolute Gasteiger partial charge is 0.253 e. The van der Waals surface area contributed by atoms with Gasteiger partial charge in [0.25, 0.3) is 0 Å². The van der Waals surface area contributed by atoms with Crippen LogP contribution in [-0.2, 0) is 0 Å². The first-order chi connectivity index (χ1) is 7.29. The standard InChI is InChI=1S/C13H10ClN/c14-12-9-5-4-8-11(12)13(15)10-6-2-1-3-7-10/h1-9,15H/p+1. The highest BCUT2D eigenvalue weighted by Gasteiger charge is 2.12. The topological polar surface area (TPSA) is 25.6 Å². The van der Waals surface area contributed by atoms with Crippen molar-refractivity contribution >= 4 is 17.3 Å². The summed E-state index contributed by atoms with van der Waals surface area (Å²) in [6.07, 6.45) is 0. The maximum Gasteiger partial charge on any atom is 0.212 e. The molecular weight excluding hydrogens is 206 g/mol. The second kappa shape index (κ2) is 4.28. The lowest BCUT2D eigenvalue weighted by molar-refractivity contribution is -0.111. The first-order valence-corrected chi connectivity index (χ1v) is 5.09. The van der Waals surface area contributed by atoms with Gasteiger partial charge in [0.2, 0.25) is 5.71 Å². The maximum atomic E-state index is 6.07. The second-order valence-electron chi connectivity index (χ2n) is 3.26. The van der Waals surface area contributed by atoms with Crippen LogP contribution in [0.2, 0.25) is 5.02 Å². The molecule has 2 rings (SSSR count). The van der Waals surface area contributed by atoms with Crippen molar-refractivity contribution in [1.82, 2.24) is 0 Å². The number of hydrogen-bond acceptors (Lipinski definition) is 0. The Balaban J connectivity index is 2.42. The lowest BCUT2D eigenvalue weighted by Gasteiger charge is -2.01. The molecule has 0 aliphatic heterocycles. The zero-order valence-corrected chi connectivity index (χ0v) is 8.91. The number of rotatable bonds is 2. The minimum Gasteiger partial charge on any atom is -0.253 e. The van der Waals surface area contributed by atoms with Crippen molar-refractivity contribution in [2.45, 2.75) is 0 Å². The first-order valence-electron chi connectivity index (χ1n) is 4.72. The van der Waals surface area contributed by atoms with Gasteiger partial charge in [-0.1, -0.05) is 41.9 Å². The molecule has 0 fully saturated rings. The Morgan fingerprint density at radius 1 is 0.867 bits per heavy atom. The van der Waals surface area contributed by atoms with E-state index in [0.717, 1.165) is 11.1 Å². The minimum atomic E-state index is 0.679. The predicted octanol–water partition coefficient (Wildman–Crippen LogP) is 1.94. The van der Waals surface area contributed by atoms with Crippen molar-refractivity contribution in [3.8, 4) is 0 Å². The van der Waals surface area contributed by atoms with Crippen LogP contribution in [0.4, 0.5) is 0 Å². The zero-order chi connectivity index (χ0) is 10.7. The summed E-state index contributed by atoms with van der Waals surface area (Å²) in [4.78, 5) is 0. The Kier molecular flexibility index (Phi) is 2.84. The van der Waals surface area contributed by atoms with E-state index in [4.69, 9.17) is 17.0 Å². The smallest absolute Gasteiger partial charge is 0.212 e. The molecule has 0 aliphatic rings. The van der Waals surface area contributed by atoms with E-state index in [-0.39, 0.29) is 0 Å². The molecule has 0 atom stereocenters. The lowest BCUT2D eigenvalue weighted by atomic mass is 10.0. The molecule has 0 aromatic heterocycles. The van der Waals surface area contributed by atoms with E-state index in [1.165, 1.54) is 0 Å². The summed E-state index contributed by atoms with van der Waals surface area (Å²) in [6.45, 7) is 0. The third-order valence-corrected chi connectivity index (χ3v) is 2.58. The summed E-state index contributed by atoms with van der Waals surface area (Å²) in [5.41, 5.74) is 2.58. The predicted molar refractivity (Wildman–Crippen MR) is 63.0 cm³/mol. The molecule has 0 radical (unpaired) electrons. The molecule has 0 amide bonds. The number of halogens is 1. The molecule has 2 aromatic carbocycles. The van der Waals surface area contributed by atoms with Crippen LogP contribution in [0.15, 0.2) is 54.6 Å². The molecule has 0 saturated heterocycles. The van der Waals surface area contributed by atoms with Gasteiger partial charge in [-0.25, -0.2) is 0 Å². The Morgan fingerprint density at radius 2 is 1.47 bits per heavy atom. The Morgan fingerprint density at radius 3 is 2.13 bits per heavy atom. The fraction of sp³-hybridized carbons (Fsp3) is 0. The van der Waals surface area contributed by atoms with Crippen LogP contribution in [0.1, 0.15) is 11.1 Å². The van der Waals surface area contributed by atoms with Crippen LogP contribution in [0.5, 0.6) is 0 Å². The van der Waals surface area contributed by atoms with Gasteiger partial charge in [-0.15, -0.1) is 0 Å². The molecule has 0 aliphatic carbocycles. The molecule has 15 heavy (non-hydrogen) atoms. The fourth-order valence-electron chi connectivity index (χ4n) is 1.45.